The van der Waals surface area contributed by atoms with Crippen LogP contribution in [-0.2, 0) is 20.4 Å². The van der Waals surface area contributed by atoms with Gasteiger partial charge in [0.25, 0.3) is 0 Å². The quantitative estimate of drug-likeness (QED) is 0.474. The first kappa shape index (κ1) is 22.2. The van der Waals surface area contributed by atoms with Crippen LogP contribution in [0.1, 0.15) is 64.9 Å². The third-order valence-corrected chi connectivity index (χ3v) is 7.96. The van der Waals surface area contributed by atoms with Crippen LogP contribution >= 0.6 is 11.8 Å². The van der Waals surface area contributed by atoms with Crippen LogP contribution in [0.4, 0.5) is 0 Å². The Kier molecular flexibility index (Phi) is 9.80. The number of rotatable bonds is 12. The number of hydrogen-bond donors (Lipinski definition) is 0. The van der Waals surface area contributed by atoms with Crippen molar-refractivity contribution in [3.8, 4) is 0 Å². The SMILES string of the molecule is CC(C)(C)S(=O)(=O)CCCCCC(=O)CCCSCc1ccccc1. The molecule has 1 aromatic carbocycles. The molecule has 0 unspecified atom stereocenters. The molecule has 0 heterocycles. The summed E-state index contributed by atoms with van der Waals surface area (Å²) in [7, 11) is -3.03. The molecule has 0 saturated heterocycles. The fourth-order valence-corrected chi connectivity index (χ4v) is 4.48. The van der Waals surface area contributed by atoms with Gasteiger partial charge in [-0.25, -0.2) is 8.42 Å². The summed E-state index contributed by atoms with van der Waals surface area (Å²) >= 11 is 1.87. The number of benzene rings is 1. The second-order valence-corrected chi connectivity index (χ2v) is 11.4. The Bertz CT molecular complexity index is 602. The van der Waals surface area contributed by atoms with Crippen molar-refractivity contribution in [1.82, 2.24) is 0 Å². The van der Waals surface area contributed by atoms with Crippen LogP contribution in [-0.4, -0.2) is 30.5 Å². The van der Waals surface area contributed by atoms with Gasteiger partial charge >= 0.3 is 0 Å². The summed E-state index contributed by atoms with van der Waals surface area (Å²) in [6.07, 6.45) is 4.41. The van der Waals surface area contributed by atoms with Gasteiger partial charge in [-0.15, -0.1) is 0 Å². The normalized spacial score (nSPS) is 12.3. The summed E-state index contributed by atoms with van der Waals surface area (Å²) in [4.78, 5) is 11.9. The molecule has 25 heavy (non-hydrogen) atoms. The van der Waals surface area contributed by atoms with Crippen molar-refractivity contribution < 1.29 is 13.2 Å². The van der Waals surface area contributed by atoms with Crippen molar-refractivity contribution >= 4 is 27.4 Å². The highest BCUT2D eigenvalue weighted by Gasteiger charge is 2.27. The molecule has 0 aliphatic carbocycles. The first-order valence-corrected chi connectivity index (χ1v) is 11.9. The van der Waals surface area contributed by atoms with E-state index >= 15 is 0 Å². The van der Waals surface area contributed by atoms with Gasteiger partial charge in [-0.2, -0.15) is 11.8 Å². The maximum atomic E-state index is 12.0. The molecule has 0 aliphatic heterocycles. The van der Waals surface area contributed by atoms with E-state index in [0.29, 0.717) is 25.0 Å². The summed E-state index contributed by atoms with van der Waals surface area (Å²) in [6.45, 7) is 5.21. The molecule has 0 aliphatic rings. The zero-order valence-electron chi connectivity index (χ0n) is 15.8. The van der Waals surface area contributed by atoms with E-state index in [-0.39, 0.29) is 5.75 Å². The molecule has 0 fully saturated rings. The van der Waals surface area contributed by atoms with Gasteiger partial charge in [-0.3, -0.25) is 4.79 Å². The minimum atomic E-state index is -3.03. The first-order valence-electron chi connectivity index (χ1n) is 9.08. The molecule has 142 valence electrons. The maximum absolute atomic E-state index is 12.0. The van der Waals surface area contributed by atoms with Crippen LogP contribution in [0, 0.1) is 0 Å². The molecule has 0 saturated carbocycles. The topological polar surface area (TPSA) is 51.2 Å². The van der Waals surface area contributed by atoms with E-state index in [2.05, 4.69) is 12.1 Å². The third kappa shape index (κ3) is 9.45. The molecule has 1 rings (SSSR count). The van der Waals surface area contributed by atoms with E-state index in [4.69, 9.17) is 0 Å². The van der Waals surface area contributed by atoms with Crippen LogP contribution in [0.5, 0.6) is 0 Å². The number of Topliss-reactive ketones (excluding diaryl/α,β-unsaturated/α-hetero) is 1. The minimum Gasteiger partial charge on any atom is -0.300 e. The summed E-state index contributed by atoms with van der Waals surface area (Å²) < 4.78 is 23.3. The van der Waals surface area contributed by atoms with E-state index < -0.39 is 14.6 Å². The lowest BCUT2D eigenvalue weighted by atomic mass is 10.1. The Morgan fingerprint density at radius 1 is 0.960 bits per heavy atom. The highest BCUT2D eigenvalue weighted by atomic mass is 32.2. The standard InChI is InChI=1S/C20H32O3S2/c1-20(2,3)25(22,23)16-9-5-8-13-19(21)14-10-15-24-17-18-11-6-4-7-12-18/h4,6-7,11-12H,5,8-10,13-17H2,1-3H3. The molecule has 0 amide bonds. The van der Waals surface area contributed by atoms with E-state index in [1.807, 2.05) is 30.0 Å². The van der Waals surface area contributed by atoms with Gasteiger partial charge in [0, 0.05) is 18.6 Å². The Balaban J connectivity index is 2.02. The lowest BCUT2D eigenvalue weighted by Gasteiger charge is -2.18. The smallest absolute Gasteiger partial charge is 0.155 e. The fourth-order valence-electron chi connectivity index (χ4n) is 2.36. The number of ketones is 1. The summed E-state index contributed by atoms with van der Waals surface area (Å²) in [5, 5.41) is 0. The predicted molar refractivity (Wildman–Crippen MR) is 109 cm³/mol. The zero-order valence-corrected chi connectivity index (χ0v) is 17.4. The predicted octanol–water partition coefficient (Wildman–Crippen LogP) is 5.04. The highest BCUT2D eigenvalue weighted by molar-refractivity contribution is 7.98. The van der Waals surface area contributed by atoms with Crippen LogP contribution < -0.4 is 0 Å². The number of hydrogen-bond acceptors (Lipinski definition) is 4. The first-order chi connectivity index (χ1) is 11.7. The Hall–Kier alpha value is -0.810. The van der Waals surface area contributed by atoms with Crippen molar-refractivity contribution in [3.05, 3.63) is 35.9 Å². The number of carbonyl (C=O) groups excluding carboxylic acids is 1. The molecule has 0 atom stereocenters. The van der Waals surface area contributed by atoms with Crippen molar-refractivity contribution in [2.45, 2.75) is 69.8 Å². The third-order valence-electron chi connectivity index (χ3n) is 4.16. The largest absolute Gasteiger partial charge is 0.300 e. The average Bonchev–Trinajstić information content (AvgIpc) is 2.54. The van der Waals surface area contributed by atoms with Gasteiger partial charge in [0.15, 0.2) is 9.84 Å². The fraction of sp³-hybridized carbons (Fsp3) is 0.650. The van der Waals surface area contributed by atoms with Gasteiger partial charge in [0.05, 0.1) is 10.5 Å². The van der Waals surface area contributed by atoms with Crippen LogP contribution in [0.2, 0.25) is 0 Å². The Labute approximate surface area is 157 Å². The molecule has 0 spiro atoms. The van der Waals surface area contributed by atoms with Gasteiger partial charge < -0.3 is 0 Å². The summed E-state index contributed by atoms with van der Waals surface area (Å²) in [5.41, 5.74) is 1.32. The molecular weight excluding hydrogens is 352 g/mol. The lowest BCUT2D eigenvalue weighted by molar-refractivity contribution is -0.119. The average molecular weight is 385 g/mol. The molecule has 0 aromatic heterocycles. The van der Waals surface area contributed by atoms with Gasteiger partial charge in [-0.1, -0.05) is 36.8 Å². The summed E-state index contributed by atoms with van der Waals surface area (Å²) in [6, 6.07) is 10.4. The van der Waals surface area contributed by atoms with Gasteiger partial charge in [0.1, 0.15) is 5.78 Å². The van der Waals surface area contributed by atoms with Crippen LogP contribution in [0.15, 0.2) is 30.3 Å². The van der Waals surface area contributed by atoms with Crippen LogP contribution in [0.3, 0.4) is 0 Å². The molecular formula is C20H32O3S2. The lowest BCUT2D eigenvalue weighted by Crippen LogP contribution is -2.30. The van der Waals surface area contributed by atoms with Crippen molar-refractivity contribution in [3.63, 3.8) is 0 Å². The second kappa shape index (κ2) is 11.0. The summed E-state index contributed by atoms with van der Waals surface area (Å²) in [5.74, 6) is 2.53. The molecule has 0 N–H and O–H groups in total. The van der Waals surface area contributed by atoms with Crippen molar-refractivity contribution in [2.75, 3.05) is 11.5 Å². The maximum Gasteiger partial charge on any atom is 0.155 e. The van der Waals surface area contributed by atoms with Crippen molar-refractivity contribution in [1.29, 1.82) is 0 Å². The zero-order chi connectivity index (χ0) is 18.8. The Morgan fingerprint density at radius 2 is 1.60 bits per heavy atom. The minimum absolute atomic E-state index is 0.223. The second-order valence-electron chi connectivity index (χ2n) is 7.42. The number of unbranched alkanes of at least 4 members (excludes halogenated alkanes) is 2. The highest BCUT2D eigenvalue weighted by Crippen LogP contribution is 2.18. The number of sulfone groups is 1. The monoisotopic (exact) mass is 384 g/mol. The number of thioether (sulfide) groups is 1. The number of carbonyl (C=O) groups is 1. The van der Waals surface area contributed by atoms with Gasteiger partial charge in [0.2, 0.25) is 0 Å². The van der Waals surface area contributed by atoms with E-state index in [1.165, 1.54) is 5.56 Å². The van der Waals surface area contributed by atoms with Crippen molar-refractivity contribution in [2.24, 2.45) is 0 Å². The van der Waals surface area contributed by atoms with E-state index in [0.717, 1.165) is 30.8 Å². The van der Waals surface area contributed by atoms with E-state index in [9.17, 15) is 13.2 Å². The molecule has 1 aromatic rings. The van der Waals surface area contributed by atoms with Crippen LogP contribution in [0.25, 0.3) is 0 Å². The van der Waals surface area contributed by atoms with E-state index in [1.54, 1.807) is 20.8 Å². The molecule has 3 nitrogen and oxygen atoms in total. The van der Waals surface area contributed by atoms with Gasteiger partial charge in [-0.05, 0) is 51.3 Å². The molecule has 0 radical (unpaired) electrons. The molecule has 5 heteroatoms. The Morgan fingerprint density at radius 3 is 2.24 bits per heavy atom. The molecule has 0 bridgehead atoms.